The molecule has 2 rings (SSSR count). The van der Waals surface area contributed by atoms with Crippen LogP contribution in [0.5, 0.6) is 0 Å². The van der Waals surface area contributed by atoms with E-state index in [4.69, 9.17) is 4.74 Å². The van der Waals surface area contributed by atoms with Gasteiger partial charge < -0.3 is 4.74 Å². The molecule has 19 heavy (non-hydrogen) atoms. The molecule has 0 spiro atoms. The lowest BCUT2D eigenvalue weighted by Crippen LogP contribution is -2.48. The van der Waals surface area contributed by atoms with E-state index >= 15 is 0 Å². The van der Waals surface area contributed by atoms with Crippen LogP contribution < -0.4 is 0 Å². The molecule has 0 bridgehead atoms. The number of benzene rings is 1. The normalized spacial score (nSPS) is 25.4. The molecule has 0 unspecified atom stereocenters. The van der Waals surface area contributed by atoms with Crippen LogP contribution >= 0.6 is 0 Å². The van der Waals surface area contributed by atoms with Crippen molar-refractivity contribution in [3.05, 3.63) is 29.8 Å². The Morgan fingerprint density at radius 2 is 1.68 bits per heavy atom. The standard InChI is InChI=1S/C14H21NO3S/c1-4-13-5-7-14(8-6-13)19(16,17)15-9-11(2)18-12(3)10-15/h5-8,11-12H,4,9-10H2,1-3H3/t11-,12-/m1/s1. The predicted molar refractivity (Wildman–Crippen MR) is 74.6 cm³/mol. The lowest BCUT2D eigenvalue weighted by atomic mass is 10.2. The Balaban J connectivity index is 2.25. The summed E-state index contributed by atoms with van der Waals surface area (Å²) < 4.78 is 32.2. The molecule has 0 N–H and O–H groups in total. The van der Waals surface area contributed by atoms with E-state index in [1.165, 1.54) is 4.31 Å². The summed E-state index contributed by atoms with van der Waals surface area (Å²) >= 11 is 0. The van der Waals surface area contributed by atoms with Gasteiger partial charge >= 0.3 is 0 Å². The fraction of sp³-hybridized carbons (Fsp3) is 0.571. The van der Waals surface area contributed by atoms with Gasteiger partial charge in [-0.15, -0.1) is 0 Å². The molecule has 1 aromatic rings. The minimum absolute atomic E-state index is 0.0616. The molecule has 0 aromatic heterocycles. The molecule has 0 amide bonds. The molecular formula is C14H21NO3S. The van der Waals surface area contributed by atoms with Crippen LogP contribution in [-0.4, -0.2) is 38.0 Å². The Bertz CT molecular complexity index is 514. The number of rotatable bonds is 3. The van der Waals surface area contributed by atoms with E-state index in [1.54, 1.807) is 12.1 Å². The average Bonchev–Trinajstić information content (AvgIpc) is 2.37. The summed E-state index contributed by atoms with van der Waals surface area (Å²) in [6.07, 6.45) is 0.785. The molecule has 4 nitrogen and oxygen atoms in total. The number of hydrogen-bond donors (Lipinski definition) is 0. The Morgan fingerprint density at radius 1 is 1.16 bits per heavy atom. The summed E-state index contributed by atoms with van der Waals surface area (Å²) in [6.45, 7) is 6.69. The van der Waals surface area contributed by atoms with Crippen molar-refractivity contribution < 1.29 is 13.2 Å². The number of aryl methyl sites for hydroxylation is 1. The first kappa shape index (κ1) is 14.5. The molecule has 0 radical (unpaired) electrons. The summed E-state index contributed by atoms with van der Waals surface area (Å²) in [7, 11) is -3.40. The average molecular weight is 283 g/mol. The van der Waals surface area contributed by atoms with Gasteiger partial charge in [-0.25, -0.2) is 8.42 Å². The van der Waals surface area contributed by atoms with Crippen molar-refractivity contribution in [2.45, 2.75) is 44.3 Å². The fourth-order valence-corrected chi connectivity index (χ4v) is 3.96. The van der Waals surface area contributed by atoms with Gasteiger partial charge in [-0.1, -0.05) is 19.1 Å². The molecule has 1 fully saturated rings. The van der Waals surface area contributed by atoms with Crippen molar-refractivity contribution in [3.63, 3.8) is 0 Å². The van der Waals surface area contributed by atoms with E-state index in [9.17, 15) is 8.42 Å². The summed E-state index contributed by atoms with van der Waals surface area (Å²) in [4.78, 5) is 0.367. The number of sulfonamides is 1. The van der Waals surface area contributed by atoms with E-state index in [-0.39, 0.29) is 12.2 Å². The second-order valence-corrected chi connectivity index (χ2v) is 7.01. The van der Waals surface area contributed by atoms with Crippen LogP contribution in [-0.2, 0) is 21.2 Å². The van der Waals surface area contributed by atoms with Crippen LogP contribution in [0.25, 0.3) is 0 Å². The third-order valence-electron chi connectivity index (χ3n) is 3.36. The molecule has 5 heteroatoms. The van der Waals surface area contributed by atoms with Crippen LogP contribution in [0, 0.1) is 0 Å². The van der Waals surface area contributed by atoms with Crippen molar-refractivity contribution in [1.29, 1.82) is 0 Å². The molecule has 0 saturated carbocycles. The second kappa shape index (κ2) is 5.61. The van der Waals surface area contributed by atoms with Gasteiger partial charge in [-0.05, 0) is 38.0 Å². The van der Waals surface area contributed by atoms with Crippen LogP contribution in [0.1, 0.15) is 26.3 Å². The lowest BCUT2D eigenvalue weighted by molar-refractivity contribution is -0.0440. The minimum atomic E-state index is -3.40. The van der Waals surface area contributed by atoms with Gasteiger partial charge in [0.1, 0.15) is 0 Å². The monoisotopic (exact) mass is 283 g/mol. The highest BCUT2D eigenvalue weighted by molar-refractivity contribution is 7.89. The Labute approximate surface area is 115 Å². The third-order valence-corrected chi connectivity index (χ3v) is 5.20. The summed E-state index contributed by atoms with van der Waals surface area (Å²) in [5.74, 6) is 0. The van der Waals surface area contributed by atoms with Crippen LogP contribution in [0.15, 0.2) is 29.2 Å². The first-order valence-corrected chi connectivity index (χ1v) is 8.12. The molecule has 106 valence electrons. The molecule has 1 heterocycles. The maximum atomic E-state index is 12.5. The lowest BCUT2D eigenvalue weighted by Gasteiger charge is -2.34. The van der Waals surface area contributed by atoms with Gasteiger partial charge in [0.15, 0.2) is 0 Å². The Hall–Kier alpha value is -0.910. The van der Waals surface area contributed by atoms with Crippen LogP contribution in [0.4, 0.5) is 0 Å². The molecular weight excluding hydrogens is 262 g/mol. The minimum Gasteiger partial charge on any atom is -0.373 e. The molecule has 1 aromatic carbocycles. The largest absolute Gasteiger partial charge is 0.373 e. The van der Waals surface area contributed by atoms with Gasteiger partial charge in [-0.3, -0.25) is 0 Å². The number of hydrogen-bond acceptors (Lipinski definition) is 3. The maximum Gasteiger partial charge on any atom is 0.243 e. The summed E-state index contributed by atoms with van der Waals surface area (Å²) in [5.41, 5.74) is 1.14. The zero-order valence-electron chi connectivity index (χ0n) is 11.7. The first-order valence-electron chi connectivity index (χ1n) is 6.68. The number of ether oxygens (including phenoxy) is 1. The quantitative estimate of drug-likeness (QED) is 0.853. The molecule has 1 aliphatic rings. The third kappa shape index (κ3) is 3.16. The van der Waals surface area contributed by atoms with E-state index in [2.05, 4.69) is 6.92 Å². The van der Waals surface area contributed by atoms with Crippen molar-refractivity contribution in [2.75, 3.05) is 13.1 Å². The van der Waals surface area contributed by atoms with Gasteiger partial charge in [-0.2, -0.15) is 4.31 Å². The van der Waals surface area contributed by atoms with Gasteiger partial charge in [0, 0.05) is 13.1 Å². The summed E-state index contributed by atoms with van der Waals surface area (Å²) in [6, 6.07) is 7.14. The Morgan fingerprint density at radius 3 is 2.16 bits per heavy atom. The Kier molecular flexibility index (Phi) is 4.28. The summed E-state index contributed by atoms with van der Waals surface area (Å²) in [5, 5.41) is 0. The zero-order chi connectivity index (χ0) is 14.0. The molecule has 1 aliphatic heterocycles. The van der Waals surface area contributed by atoms with E-state index in [0.717, 1.165) is 12.0 Å². The molecule has 1 saturated heterocycles. The van der Waals surface area contributed by atoms with Crippen LogP contribution in [0.3, 0.4) is 0 Å². The van der Waals surface area contributed by atoms with Crippen molar-refractivity contribution >= 4 is 10.0 Å². The smallest absolute Gasteiger partial charge is 0.243 e. The predicted octanol–water partition coefficient (Wildman–Crippen LogP) is 2.05. The number of morpholine rings is 1. The topological polar surface area (TPSA) is 46.6 Å². The van der Waals surface area contributed by atoms with Crippen molar-refractivity contribution in [3.8, 4) is 0 Å². The van der Waals surface area contributed by atoms with E-state index in [1.807, 2.05) is 26.0 Å². The molecule has 2 atom stereocenters. The number of nitrogens with zero attached hydrogens (tertiary/aromatic N) is 1. The highest BCUT2D eigenvalue weighted by Crippen LogP contribution is 2.21. The molecule has 0 aliphatic carbocycles. The highest BCUT2D eigenvalue weighted by atomic mass is 32.2. The van der Waals surface area contributed by atoms with Crippen molar-refractivity contribution in [1.82, 2.24) is 4.31 Å². The van der Waals surface area contributed by atoms with Crippen LogP contribution in [0.2, 0.25) is 0 Å². The van der Waals surface area contributed by atoms with Gasteiger partial charge in [0.05, 0.1) is 17.1 Å². The highest BCUT2D eigenvalue weighted by Gasteiger charge is 2.31. The zero-order valence-corrected chi connectivity index (χ0v) is 12.5. The van der Waals surface area contributed by atoms with Gasteiger partial charge in [0.2, 0.25) is 10.0 Å². The maximum absolute atomic E-state index is 12.5. The van der Waals surface area contributed by atoms with E-state index in [0.29, 0.717) is 18.0 Å². The van der Waals surface area contributed by atoms with Crippen molar-refractivity contribution in [2.24, 2.45) is 0 Å². The fourth-order valence-electron chi connectivity index (χ4n) is 2.37. The first-order chi connectivity index (χ1) is 8.93. The van der Waals surface area contributed by atoms with E-state index < -0.39 is 10.0 Å². The second-order valence-electron chi connectivity index (χ2n) is 5.08. The van der Waals surface area contributed by atoms with Gasteiger partial charge in [0.25, 0.3) is 0 Å². The SMILES string of the molecule is CCc1ccc(S(=O)(=O)N2C[C@@H](C)O[C@H](C)C2)cc1.